The first-order valence-corrected chi connectivity index (χ1v) is 10.4. The molecule has 1 saturated heterocycles. The number of benzene rings is 3. The van der Waals surface area contributed by atoms with E-state index in [1.807, 2.05) is 36.4 Å². The Morgan fingerprint density at radius 3 is 2.22 bits per heavy atom. The van der Waals surface area contributed by atoms with Crippen molar-refractivity contribution >= 4 is 28.9 Å². The van der Waals surface area contributed by atoms with E-state index in [0.29, 0.717) is 5.56 Å². The number of nitrogens with zero attached hydrogens (tertiary/aromatic N) is 2. The summed E-state index contributed by atoms with van der Waals surface area (Å²) in [6.07, 6.45) is 0. The number of para-hydroxylation sites is 2. The number of ether oxygens (including phenoxy) is 1. The average Bonchev–Trinajstić information content (AvgIpc) is 2.84. The summed E-state index contributed by atoms with van der Waals surface area (Å²) in [5, 5.41) is 12.4. The van der Waals surface area contributed by atoms with Crippen LogP contribution in [0.4, 0.5) is 17.1 Å². The minimum absolute atomic E-state index is 0.0685. The number of carboxylic acid groups (broad SMARTS) is 1. The summed E-state index contributed by atoms with van der Waals surface area (Å²) in [6, 6.07) is 21.8. The minimum atomic E-state index is -1.08. The van der Waals surface area contributed by atoms with Crippen LogP contribution in [-0.2, 0) is 0 Å². The van der Waals surface area contributed by atoms with Crippen LogP contribution in [0.5, 0.6) is 5.75 Å². The number of hydrogen-bond donors (Lipinski definition) is 2. The van der Waals surface area contributed by atoms with Gasteiger partial charge in [0.15, 0.2) is 0 Å². The number of methoxy groups -OCH3 is 1. The molecule has 7 nitrogen and oxygen atoms in total. The highest BCUT2D eigenvalue weighted by molar-refractivity contribution is 6.08. The minimum Gasteiger partial charge on any atom is -0.495 e. The van der Waals surface area contributed by atoms with Crippen molar-refractivity contribution in [3.63, 3.8) is 0 Å². The molecule has 32 heavy (non-hydrogen) atoms. The molecule has 1 amide bonds. The third-order valence-corrected chi connectivity index (χ3v) is 5.59. The summed E-state index contributed by atoms with van der Waals surface area (Å²) in [4.78, 5) is 28.8. The van der Waals surface area contributed by atoms with Crippen LogP contribution in [0.25, 0.3) is 0 Å². The van der Waals surface area contributed by atoms with E-state index in [1.54, 1.807) is 43.5 Å². The van der Waals surface area contributed by atoms with Crippen LogP contribution in [0.1, 0.15) is 20.7 Å². The highest BCUT2D eigenvalue weighted by Gasteiger charge is 2.22. The standard InChI is InChI=1S/C25H25N3O4/c1-32-23-10-6-5-9-22(23)28-15-13-27(14-16-28)19-11-12-21(20(17-19)25(30)31)26-24(29)18-7-3-2-4-8-18/h2-12,17H,13-16H2,1H3,(H,26,29)(H,30,31). The fourth-order valence-corrected chi connectivity index (χ4v) is 3.90. The maximum absolute atomic E-state index is 12.5. The van der Waals surface area contributed by atoms with Gasteiger partial charge in [-0.15, -0.1) is 0 Å². The molecule has 3 aromatic rings. The largest absolute Gasteiger partial charge is 0.495 e. The van der Waals surface area contributed by atoms with Crippen molar-refractivity contribution in [3.8, 4) is 5.75 Å². The number of aromatic carboxylic acids is 1. The summed E-state index contributed by atoms with van der Waals surface area (Å²) in [7, 11) is 1.67. The lowest BCUT2D eigenvalue weighted by Gasteiger charge is -2.38. The molecule has 0 aliphatic carbocycles. The Hall–Kier alpha value is -4.00. The molecule has 0 spiro atoms. The van der Waals surface area contributed by atoms with E-state index in [2.05, 4.69) is 15.1 Å². The van der Waals surface area contributed by atoms with Crippen LogP contribution < -0.4 is 19.9 Å². The Morgan fingerprint density at radius 2 is 1.53 bits per heavy atom. The first kappa shape index (κ1) is 21.2. The van der Waals surface area contributed by atoms with Crippen molar-refractivity contribution in [1.29, 1.82) is 0 Å². The molecule has 7 heteroatoms. The number of hydrogen-bond acceptors (Lipinski definition) is 5. The summed E-state index contributed by atoms with van der Waals surface area (Å²) >= 11 is 0. The van der Waals surface area contributed by atoms with E-state index in [1.165, 1.54) is 0 Å². The zero-order valence-electron chi connectivity index (χ0n) is 17.8. The molecule has 1 heterocycles. The Kier molecular flexibility index (Phi) is 6.26. The van der Waals surface area contributed by atoms with Crippen LogP contribution in [0.2, 0.25) is 0 Å². The average molecular weight is 431 g/mol. The van der Waals surface area contributed by atoms with Crippen molar-refractivity contribution in [2.75, 3.05) is 48.4 Å². The normalized spacial score (nSPS) is 13.5. The zero-order chi connectivity index (χ0) is 22.5. The van der Waals surface area contributed by atoms with Crippen molar-refractivity contribution in [3.05, 3.63) is 83.9 Å². The highest BCUT2D eigenvalue weighted by Crippen LogP contribution is 2.30. The smallest absolute Gasteiger partial charge is 0.337 e. The number of carbonyl (C=O) groups excluding carboxylic acids is 1. The van der Waals surface area contributed by atoms with E-state index >= 15 is 0 Å². The van der Waals surface area contributed by atoms with Gasteiger partial charge in [-0.25, -0.2) is 4.79 Å². The lowest BCUT2D eigenvalue weighted by molar-refractivity contribution is 0.0698. The predicted molar refractivity (Wildman–Crippen MR) is 125 cm³/mol. The van der Waals surface area contributed by atoms with E-state index in [9.17, 15) is 14.7 Å². The Labute approximate surface area is 186 Å². The molecule has 1 aliphatic heterocycles. The fourth-order valence-electron chi connectivity index (χ4n) is 3.90. The molecule has 3 aromatic carbocycles. The molecule has 164 valence electrons. The van der Waals surface area contributed by atoms with Gasteiger partial charge in [-0.2, -0.15) is 0 Å². The third kappa shape index (κ3) is 4.51. The third-order valence-electron chi connectivity index (χ3n) is 5.59. The molecular weight excluding hydrogens is 406 g/mol. The number of carbonyl (C=O) groups is 2. The Bertz CT molecular complexity index is 1110. The molecular formula is C25H25N3O4. The SMILES string of the molecule is COc1ccccc1N1CCN(c2ccc(NC(=O)c3ccccc3)c(C(=O)O)c2)CC1. The number of carboxylic acids is 1. The molecule has 0 bridgehead atoms. The van der Waals surface area contributed by atoms with Crippen LogP contribution in [0.15, 0.2) is 72.8 Å². The quantitative estimate of drug-likeness (QED) is 0.615. The van der Waals surface area contributed by atoms with Gasteiger partial charge in [-0.05, 0) is 42.5 Å². The summed E-state index contributed by atoms with van der Waals surface area (Å²) in [5.74, 6) is -0.582. The van der Waals surface area contributed by atoms with E-state index < -0.39 is 5.97 Å². The van der Waals surface area contributed by atoms with Gasteiger partial charge in [0.2, 0.25) is 0 Å². The molecule has 1 aliphatic rings. The van der Waals surface area contributed by atoms with Crippen LogP contribution in [0, 0.1) is 0 Å². The van der Waals surface area contributed by atoms with Gasteiger partial charge < -0.3 is 25.0 Å². The Morgan fingerprint density at radius 1 is 0.875 bits per heavy atom. The van der Waals surface area contributed by atoms with E-state index in [0.717, 1.165) is 43.3 Å². The van der Waals surface area contributed by atoms with Crippen molar-refractivity contribution < 1.29 is 19.4 Å². The maximum Gasteiger partial charge on any atom is 0.337 e. The van der Waals surface area contributed by atoms with E-state index in [-0.39, 0.29) is 17.2 Å². The fraction of sp³-hybridized carbons (Fsp3) is 0.200. The van der Waals surface area contributed by atoms with Crippen molar-refractivity contribution in [2.24, 2.45) is 0 Å². The predicted octanol–water partition coefficient (Wildman–Crippen LogP) is 3.97. The second kappa shape index (κ2) is 9.43. The highest BCUT2D eigenvalue weighted by atomic mass is 16.5. The summed E-state index contributed by atoms with van der Waals surface area (Å²) in [5.41, 5.74) is 2.70. The number of rotatable bonds is 6. The van der Waals surface area contributed by atoms with Gasteiger partial charge in [-0.1, -0.05) is 30.3 Å². The lowest BCUT2D eigenvalue weighted by Crippen LogP contribution is -2.46. The molecule has 1 fully saturated rings. The molecule has 2 N–H and O–H groups in total. The number of nitrogens with one attached hydrogen (secondary N) is 1. The Balaban J connectivity index is 1.48. The molecule has 0 radical (unpaired) electrons. The number of piperazine rings is 1. The maximum atomic E-state index is 12.5. The number of anilines is 3. The molecule has 0 aromatic heterocycles. The van der Waals surface area contributed by atoms with Gasteiger partial charge in [0.05, 0.1) is 24.0 Å². The van der Waals surface area contributed by atoms with Gasteiger partial charge in [0.1, 0.15) is 5.75 Å². The molecule has 4 rings (SSSR count). The molecule has 0 unspecified atom stereocenters. The monoisotopic (exact) mass is 431 g/mol. The van der Waals surface area contributed by atoms with Crippen LogP contribution in [0.3, 0.4) is 0 Å². The summed E-state index contributed by atoms with van der Waals surface area (Å²) < 4.78 is 5.47. The van der Waals surface area contributed by atoms with Gasteiger partial charge in [0, 0.05) is 37.4 Å². The zero-order valence-corrected chi connectivity index (χ0v) is 17.8. The molecule has 0 saturated carbocycles. The van der Waals surface area contributed by atoms with Gasteiger partial charge in [-0.3, -0.25) is 4.79 Å². The summed E-state index contributed by atoms with van der Waals surface area (Å²) in [6.45, 7) is 3.06. The second-order valence-electron chi connectivity index (χ2n) is 7.50. The topological polar surface area (TPSA) is 82.1 Å². The van der Waals surface area contributed by atoms with Crippen LogP contribution >= 0.6 is 0 Å². The first-order chi connectivity index (χ1) is 15.6. The second-order valence-corrected chi connectivity index (χ2v) is 7.50. The first-order valence-electron chi connectivity index (χ1n) is 10.4. The van der Waals surface area contributed by atoms with Gasteiger partial charge in [0.25, 0.3) is 5.91 Å². The van der Waals surface area contributed by atoms with E-state index in [4.69, 9.17) is 4.74 Å². The number of amides is 1. The van der Waals surface area contributed by atoms with Gasteiger partial charge >= 0.3 is 5.97 Å². The van der Waals surface area contributed by atoms with Crippen molar-refractivity contribution in [1.82, 2.24) is 0 Å². The van der Waals surface area contributed by atoms with Crippen molar-refractivity contribution in [2.45, 2.75) is 0 Å². The molecule has 0 atom stereocenters. The lowest BCUT2D eigenvalue weighted by atomic mass is 10.1. The van der Waals surface area contributed by atoms with Crippen LogP contribution in [-0.4, -0.2) is 50.3 Å².